The molecule has 0 spiro atoms. The molecule has 1 N–H and O–H groups in total. The highest BCUT2D eigenvalue weighted by molar-refractivity contribution is 7.91. The third-order valence-corrected chi connectivity index (χ3v) is 5.39. The first-order valence-electron chi connectivity index (χ1n) is 5.29. The smallest absolute Gasteiger partial charge is 0.169 e. The number of hydrogen-bond donors (Lipinski definition) is 1. The van der Waals surface area contributed by atoms with Gasteiger partial charge in [0.1, 0.15) is 0 Å². The summed E-state index contributed by atoms with van der Waals surface area (Å²) in [6.45, 7) is 5.60. The SMILES string of the molecule is CCN(CC)C(=S)N[C@@H]1CS(=O)(=O)C[C@H]1Cl. The molecule has 1 saturated heterocycles. The van der Waals surface area contributed by atoms with Crippen molar-refractivity contribution >= 4 is 38.8 Å². The molecule has 0 aromatic heterocycles. The van der Waals surface area contributed by atoms with Gasteiger partial charge in [0.25, 0.3) is 0 Å². The van der Waals surface area contributed by atoms with Gasteiger partial charge in [-0.05, 0) is 26.1 Å². The molecule has 16 heavy (non-hydrogen) atoms. The minimum Gasteiger partial charge on any atom is -0.357 e. The Labute approximate surface area is 107 Å². The first-order chi connectivity index (χ1) is 7.39. The van der Waals surface area contributed by atoms with Crippen LogP contribution in [0.1, 0.15) is 13.8 Å². The van der Waals surface area contributed by atoms with E-state index in [1.807, 2.05) is 18.7 Å². The number of sulfone groups is 1. The summed E-state index contributed by atoms with van der Waals surface area (Å²) in [6.07, 6.45) is 0. The van der Waals surface area contributed by atoms with E-state index in [1.165, 1.54) is 0 Å². The molecule has 1 heterocycles. The lowest BCUT2D eigenvalue weighted by Gasteiger charge is -2.25. The van der Waals surface area contributed by atoms with Gasteiger partial charge in [0.2, 0.25) is 0 Å². The Hall–Kier alpha value is -0.0700. The molecule has 0 unspecified atom stereocenters. The van der Waals surface area contributed by atoms with E-state index in [0.717, 1.165) is 13.1 Å². The average molecular weight is 285 g/mol. The van der Waals surface area contributed by atoms with Gasteiger partial charge in [0.15, 0.2) is 14.9 Å². The van der Waals surface area contributed by atoms with Crippen molar-refractivity contribution in [2.75, 3.05) is 24.6 Å². The van der Waals surface area contributed by atoms with Crippen LogP contribution in [0, 0.1) is 0 Å². The highest BCUT2D eigenvalue weighted by Crippen LogP contribution is 2.18. The zero-order valence-electron chi connectivity index (χ0n) is 9.44. The van der Waals surface area contributed by atoms with Crippen molar-refractivity contribution in [3.8, 4) is 0 Å². The quantitative estimate of drug-likeness (QED) is 0.608. The fraction of sp³-hybridized carbons (Fsp3) is 0.889. The third-order valence-electron chi connectivity index (χ3n) is 2.64. The number of alkyl halides is 1. The monoisotopic (exact) mass is 284 g/mol. The maximum absolute atomic E-state index is 11.4. The first kappa shape index (κ1) is 14.0. The van der Waals surface area contributed by atoms with Crippen molar-refractivity contribution in [3.63, 3.8) is 0 Å². The molecule has 1 rings (SSSR count). The molecule has 0 aliphatic carbocycles. The molecule has 4 nitrogen and oxygen atoms in total. The van der Waals surface area contributed by atoms with E-state index in [9.17, 15) is 8.42 Å². The Kier molecular flexibility index (Phi) is 4.82. The fourth-order valence-electron chi connectivity index (χ4n) is 1.70. The number of nitrogens with one attached hydrogen (secondary N) is 1. The Morgan fingerprint density at radius 3 is 2.38 bits per heavy atom. The number of rotatable bonds is 3. The minimum atomic E-state index is -3.00. The number of hydrogen-bond acceptors (Lipinski definition) is 3. The van der Waals surface area contributed by atoms with Gasteiger partial charge in [-0.3, -0.25) is 0 Å². The topological polar surface area (TPSA) is 49.4 Å². The van der Waals surface area contributed by atoms with Gasteiger partial charge in [-0.15, -0.1) is 11.6 Å². The third kappa shape index (κ3) is 3.46. The van der Waals surface area contributed by atoms with E-state index >= 15 is 0 Å². The van der Waals surface area contributed by atoms with Gasteiger partial charge >= 0.3 is 0 Å². The maximum atomic E-state index is 11.4. The van der Waals surface area contributed by atoms with E-state index in [2.05, 4.69) is 5.32 Å². The molecule has 0 saturated carbocycles. The normalized spacial score (nSPS) is 27.7. The zero-order chi connectivity index (χ0) is 12.3. The van der Waals surface area contributed by atoms with Crippen molar-refractivity contribution in [2.45, 2.75) is 25.3 Å². The fourth-order valence-corrected chi connectivity index (χ4v) is 4.66. The van der Waals surface area contributed by atoms with Crippen molar-refractivity contribution in [1.82, 2.24) is 10.2 Å². The van der Waals surface area contributed by atoms with Crippen molar-refractivity contribution in [1.29, 1.82) is 0 Å². The molecule has 0 amide bonds. The highest BCUT2D eigenvalue weighted by atomic mass is 35.5. The predicted octanol–water partition coefficient (Wildman–Crippen LogP) is 0.607. The molecule has 0 aromatic carbocycles. The molecule has 0 bridgehead atoms. The van der Waals surface area contributed by atoms with Gasteiger partial charge in [-0.1, -0.05) is 0 Å². The van der Waals surface area contributed by atoms with Crippen LogP contribution in [-0.2, 0) is 9.84 Å². The number of halogens is 1. The van der Waals surface area contributed by atoms with Crippen LogP contribution < -0.4 is 5.32 Å². The van der Waals surface area contributed by atoms with Crippen LogP contribution in [0.25, 0.3) is 0 Å². The minimum absolute atomic E-state index is 0.0348. The zero-order valence-corrected chi connectivity index (χ0v) is 11.8. The Balaban J connectivity index is 2.59. The Morgan fingerprint density at radius 1 is 1.44 bits per heavy atom. The molecule has 0 radical (unpaired) electrons. The van der Waals surface area contributed by atoms with Crippen LogP contribution in [0.5, 0.6) is 0 Å². The largest absolute Gasteiger partial charge is 0.357 e. The summed E-state index contributed by atoms with van der Waals surface area (Å²) in [5, 5.41) is 3.22. The summed E-state index contributed by atoms with van der Waals surface area (Å²) in [4.78, 5) is 1.96. The molecular weight excluding hydrogens is 268 g/mol. The van der Waals surface area contributed by atoms with E-state index < -0.39 is 15.2 Å². The lowest BCUT2D eigenvalue weighted by molar-refractivity contribution is 0.447. The lowest BCUT2D eigenvalue weighted by atomic mass is 10.2. The van der Waals surface area contributed by atoms with Crippen LogP contribution in [0.15, 0.2) is 0 Å². The first-order valence-corrected chi connectivity index (χ1v) is 7.96. The predicted molar refractivity (Wildman–Crippen MR) is 70.7 cm³/mol. The van der Waals surface area contributed by atoms with Crippen LogP contribution in [0.3, 0.4) is 0 Å². The van der Waals surface area contributed by atoms with Crippen molar-refractivity contribution in [3.05, 3.63) is 0 Å². The Morgan fingerprint density at radius 2 is 2.00 bits per heavy atom. The van der Waals surface area contributed by atoms with Crippen LogP contribution in [-0.4, -0.2) is 54.4 Å². The molecule has 0 aromatic rings. The molecule has 1 fully saturated rings. The van der Waals surface area contributed by atoms with Gasteiger partial charge in [0, 0.05) is 13.1 Å². The van der Waals surface area contributed by atoms with E-state index in [0.29, 0.717) is 5.11 Å². The molecule has 94 valence electrons. The van der Waals surface area contributed by atoms with Crippen LogP contribution in [0.2, 0.25) is 0 Å². The second-order valence-corrected chi connectivity index (χ2v) is 6.92. The van der Waals surface area contributed by atoms with Gasteiger partial charge in [0.05, 0.1) is 22.9 Å². The summed E-state index contributed by atoms with van der Waals surface area (Å²) in [7, 11) is -3.00. The second-order valence-electron chi connectivity index (χ2n) is 3.82. The lowest BCUT2D eigenvalue weighted by Crippen LogP contribution is -2.47. The van der Waals surface area contributed by atoms with Gasteiger partial charge in [-0.25, -0.2) is 8.42 Å². The van der Waals surface area contributed by atoms with E-state index in [4.69, 9.17) is 23.8 Å². The number of nitrogens with zero attached hydrogens (tertiary/aromatic N) is 1. The summed E-state index contributed by atoms with van der Waals surface area (Å²) in [6, 6.07) is -0.264. The van der Waals surface area contributed by atoms with Crippen LogP contribution >= 0.6 is 23.8 Å². The van der Waals surface area contributed by atoms with Gasteiger partial charge in [-0.2, -0.15) is 0 Å². The molecule has 1 aliphatic heterocycles. The summed E-state index contributed by atoms with van der Waals surface area (Å²) >= 11 is 11.2. The average Bonchev–Trinajstić information content (AvgIpc) is 2.41. The molecule has 2 atom stereocenters. The van der Waals surface area contributed by atoms with E-state index in [-0.39, 0.29) is 17.5 Å². The summed E-state index contributed by atoms with van der Waals surface area (Å²) in [5.41, 5.74) is 0. The molecule has 7 heteroatoms. The summed E-state index contributed by atoms with van der Waals surface area (Å²) < 4.78 is 22.7. The molecule has 1 aliphatic rings. The highest BCUT2D eigenvalue weighted by Gasteiger charge is 2.37. The standard InChI is InChI=1S/C9H17ClN2O2S2/c1-3-12(4-2)9(15)11-8-6-16(13,14)5-7(8)10/h7-8H,3-6H2,1-2H3,(H,11,15)/t7-,8-/m1/s1. The van der Waals surface area contributed by atoms with Gasteiger partial charge < -0.3 is 10.2 Å². The Bertz CT molecular complexity index is 355. The number of thiocarbonyl (C=S) groups is 1. The van der Waals surface area contributed by atoms with Crippen molar-refractivity contribution in [2.24, 2.45) is 0 Å². The van der Waals surface area contributed by atoms with Crippen LogP contribution in [0.4, 0.5) is 0 Å². The molecular formula is C9H17ClN2O2S2. The summed E-state index contributed by atoms with van der Waals surface area (Å²) in [5.74, 6) is 0.107. The van der Waals surface area contributed by atoms with Crippen molar-refractivity contribution < 1.29 is 8.42 Å². The van der Waals surface area contributed by atoms with E-state index in [1.54, 1.807) is 0 Å². The maximum Gasteiger partial charge on any atom is 0.169 e. The second kappa shape index (κ2) is 5.51.